The molecule has 0 aliphatic heterocycles. The average molecular weight is 258 g/mol. The maximum atomic E-state index is 11.1. The lowest BCUT2D eigenvalue weighted by Gasteiger charge is -2.09. The van der Waals surface area contributed by atoms with Gasteiger partial charge in [-0.2, -0.15) is 0 Å². The van der Waals surface area contributed by atoms with Gasteiger partial charge in [0.25, 0.3) is 0 Å². The van der Waals surface area contributed by atoms with E-state index >= 15 is 0 Å². The Morgan fingerprint density at radius 2 is 2.21 bits per heavy atom. The average Bonchev–Trinajstić information content (AvgIpc) is 2.41. The van der Waals surface area contributed by atoms with Crippen molar-refractivity contribution in [3.05, 3.63) is 47.9 Å². The number of rotatable bonds is 5. The second-order valence-electron chi connectivity index (χ2n) is 3.96. The number of carboxylic acids is 1. The number of aromatic carboxylic acids is 1. The molecule has 0 saturated heterocycles. The molecule has 0 aliphatic rings. The Morgan fingerprint density at radius 1 is 1.37 bits per heavy atom. The summed E-state index contributed by atoms with van der Waals surface area (Å²) >= 11 is 0. The van der Waals surface area contributed by atoms with Crippen LogP contribution in [-0.2, 0) is 6.42 Å². The first kappa shape index (κ1) is 12.8. The molecular weight excluding hydrogens is 244 g/mol. The molecule has 4 N–H and O–H groups in total. The Morgan fingerprint density at radius 3 is 2.89 bits per heavy atom. The van der Waals surface area contributed by atoms with Gasteiger partial charge in [-0.25, -0.2) is 9.78 Å². The Labute approximate surface area is 110 Å². The van der Waals surface area contributed by atoms with Gasteiger partial charge in [-0.1, -0.05) is 6.07 Å². The number of nitrogen functional groups attached to an aromatic ring is 1. The summed E-state index contributed by atoms with van der Waals surface area (Å²) in [6.07, 6.45) is 3.85. The predicted octanol–water partition coefficient (Wildman–Crippen LogP) is 1.41. The van der Waals surface area contributed by atoms with Crippen molar-refractivity contribution in [1.29, 1.82) is 0 Å². The minimum absolute atomic E-state index is 0.119. The summed E-state index contributed by atoms with van der Waals surface area (Å²) in [6, 6.07) is 7.02. The van der Waals surface area contributed by atoms with E-state index < -0.39 is 5.97 Å². The molecule has 2 aromatic heterocycles. The fraction of sp³-hybridized carbons (Fsp3) is 0.154. The number of carboxylic acid groups (broad SMARTS) is 1. The molecule has 98 valence electrons. The van der Waals surface area contributed by atoms with Gasteiger partial charge in [0.1, 0.15) is 5.82 Å². The van der Waals surface area contributed by atoms with Crippen molar-refractivity contribution in [2.24, 2.45) is 0 Å². The number of nitrogens with zero attached hydrogens (tertiary/aromatic N) is 2. The molecule has 0 aliphatic carbocycles. The molecule has 0 saturated carbocycles. The molecule has 6 nitrogen and oxygen atoms in total. The minimum atomic E-state index is -1.03. The molecule has 0 atom stereocenters. The Hall–Kier alpha value is -2.63. The minimum Gasteiger partial charge on any atom is -0.478 e. The number of pyridine rings is 2. The van der Waals surface area contributed by atoms with E-state index in [9.17, 15) is 4.79 Å². The largest absolute Gasteiger partial charge is 0.478 e. The van der Waals surface area contributed by atoms with Crippen LogP contribution in [0.1, 0.15) is 16.1 Å². The molecule has 2 heterocycles. The molecule has 2 aromatic rings. The van der Waals surface area contributed by atoms with Crippen LogP contribution in [0.4, 0.5) is 11.5 Å². The van der Waals surface area contributed by atoms with Crippen molar-refractivity contribution in [3.8, 4) is 0 Å². The highest BCUT2D eigenvalue weighted by molar-refractivity contribution is 5.94. The van der Waals surface area contributed by atoms with Crippen LogP contribution >= 0.6 is 0 Å². The van der Waals surface area contributed by atoms with Gasteiger partial charge in [0, 0.05) is 24.9 Å². The van der Waals surface area contributed by atoms with Crippen LogP contribution in [-0.4, -0.2) is 27.6 Å². The Kier molecular flexibility index (Phi) is 3.92. The van der Waals surface area contributed by atoms with Gasteiger partial charge >= 0.3 is 5.97 Å². The van der Waals surface area contributed by atoms with Crippen LogP contribution in [0, 0.1) is 0 Å². The van der Waals surface area contributed by atoms with Crippen molar-refractivity contribution in [1.82, 2.24) is 9.97 Å². The second-order valence-corrected chi connectivity index (χ2v) is 3.96. The van der Waals surface area contributed by atoms with E-state index in [1.54, 1.807) is 6.20 Å². The molecule has 0 radical (unpaired) electrons. The van der Waals surface area contributed by atoms with Gasteiger partial charge < -0.3 is 16.2 Å². The third-order valence-electron chi connectivity index (χ3n) is 2.58. The van der Waals surface area contributed by atoms with Crippen LogP contribution in [0.15, 0.2) is 36.7 Å². The number of anilines is 2. The summed E-state index contributed by atoms with van der Waals surface area (Å²) in [4.78, 5) is 19.1. The van der Waals surface area contributed by atoms with E-state index in [0.717, 1.165) is 5.69 Å². The highest BCUT2D eigenvalue weighted by Gasteiger charge is 2.10. The molecule has 6 heteroatoms. The van der Waals surface area contributed by atoms with Gasteiger partial charge in [-0.3, -0.25) is 4.98 Å². The predicted molar refractivity (Wildman–Crippen MR) is 72.0 cm³/mol. The highest BCUT2D eigenvalue weighted by Crippen LogP contribution is 2.16. The Balaban J connectivity index is 2.02. The molecule has 0 bridgehead atoms. The number of aromatic nitrogens is 2. The van der Waals surface area contributed by atoms with Crippen molar-refractivity contribution < 1.29 is 9.90 Å². The molecule has 0 fully saturated rings. The van der Waals surface area contributed by atoms with E-state index in [2.05, 4.69) is 15.3 Å². The zero-order valence-corrected chi connectivity index (χ0v) is 10.2. The first-order valence-electron chi connectivity index (χ1n) is 5.79. The maximum absolute atomic E-state index is 11.1. The van der Waals surface area contributed by atoms with E-state index in [1.165, 1.54) is 12.3 Å². The monoisotopic (exact) mass is 258 g/mol. The number of hydrogen-bond donors (Lipinski definition) is 3. The molecule has 19 heavy (non-hydrogen) atoms. The van der Waals surface area contributed by atoms with Crippen molar-refractivity contribution in [2.45, 2.75) is 6.42 Å². The summed E-state index contributed by atoms with van der Waals surface area (Å²) in [5.41, 5.74) is 6.99. The molecule has 0 unspecified atom stereocenters. The summed E-state index contributed by atoms with van der Waals surface area (Å²) in [5, 5.41) is 12.1. The molecule has 0 amide bonds. The number of nitrogens with two attached hydrogens (primary N) is 1. The summed E-state index contributed by atoms with van der Waals surface area (Å²) in [5.74, 6) is -0.845. The van der Waals surface area contributed by atoms with Crippen molar-refractivity contribution in [2.75, 3.05) is 17.6 Å². The summed E-state index contributed by atoms with van der Waals surface area (Å²) in [6.45, 7) is 0.572. The summed E-state index contributed by atoms with van der Waals surface area (Å²) < 4.78 is 0. The maximum Gasteiger partial charge on any atom is 0.337 e. The van der Waals surface area contributed by atoms with Gasteiger partial charge in [0.2, 0.25) is 0 Å². The zero-order valence-electron chi connectivity index (χ0n) is 10.2. The number of nitrogens with one attached hydrogen (secondary N) is 1. The van der Waals surface area contributed by atoms with E-state index in [-0.39, 0.29) is 11.4 Å². The van der Waals surface area contributed by atoms with Gasteiger partial charge in [0.05, 0.1) is 17.4 Å². The van der Waals surface area contributed by atoms with Crippen molar-refractivity contribution >= 4 is 17.5 Å². The topological polar surface area (TPSA) is 101 Å². The zero-order chi connectivity index (χ0) is 13.7. The molecule has 0 spiro atoms. The third kappa shape index (κ3) is 3.41. The first-order valence-corrected chi connectivity index (χ1v) is 5.79. The summed E-state index contributed by atoms with van der Waals surface area (Å²) in [7, 11) is 0. The fourth-order valence-corrected chi connectivity index (χ4v) is 1.66. The standard InChI is InChI=1S/C13H14N4O2/c14-12-7-10(13(18)19)11(8-17-12)16-6-4-9-3-1-2-5-15-9/h1-3,5,7-8,16H,4,6H2,(H2,14,17)(H,18,19). The van der Waals surface area contributed by atoms with Gasteiger partial charge in [-0.05, 0) is 18.2 Å². The van der Waals surface area contributed by atoms with Gasteiger partial charge in [0.15, 0.2) is 0 Å². The molecular formula is C13H14N4O2. The van der Waals surface area contributed by atoms with Gasteiger partial charge in [-0.15, -0.1) is 0 Å². The van der Waals surface area contributed by atoms with Crippen molar-refractivity contribution in [3.63, 3.8) is 0 Å². The number of carbonyl (C=O) groups is 1. The van der Waals surface area contributed by atoms with Crippen LogP contribution in [0.5, 0.6) is 0 Å². The van der Waals surface area contributed by atoms with E-state index in [4.69, 9.17) is 10.8 Å². The third-order valence-corrected chi connectivity index (χ3v) is 2.58. The molecule has 2 rings (SSSR count). The van der Waals surface area contributed by atoms with Crippen LogP contribution in [0.2, 0.25) is 0 Å². The smallest absolute Gasteiger partial charge is 0.337 e. The lowest BCUT2D eigenvalue weighted by atomic mass is 10.2. The molecule has 0 aromatic carbocycles. The van der Waals surface area contributed by atoms with E-state index in [1.807, 2.05) is 18.2 Å². The lowest BCUT2D eigenvalue weighted by Crippen LogP contribution is -2.11. The van der Waals surface area contributed by atoms with Crippen LogP contribution in [0.25, 0.3) is 0 Å². The number of hydrogen-bond acceptors (Lipinski definition) is 5. The van der Waals surface area contributed by atoms with Crippen LogP contribution in [0.3, 0.4) is 0 Å². The normalized spacial score (nSPS) is 10.1. The van der Waals surface area contributed by atoms with Crippen LogP contribution < -0.4 is 11.1 Å². The Bertz CT molecular complexity index is 572. The SMILES string of the molecule is Nc1cc(C(=O)O)c(NCCc2ccccn2)cn1. The quantitative estimate of drug-likeness (QED) is 0.749. The lowest BCUT2D eigenvalue weighted by molar-refractivity contribution is 0.0698. The van der Waals surface area contributed by atoms with E-state index in [0.29, 0.717) is 18.7 Å². The highest BCUT2D eigenvalue weighted by atomic mass is 16.4. The fourth-order valence-electron chi connectivity index (χ4n) is 1.66. The second kappa shape index (κ2) is 5.81. The first-order chi connectivity index (χ1) is 9.16.